The number of hydrogen-bond donors (Lipinski definition) is 1. The van der Waals surface area contributed by atoms with Gasteiger partial charge in [0.05, 0.1) is 27.1 Å². The molecule has 0 spiro atoms. The molecule has 26 heavy (non-hydrogen) atoms. The van der Waals surface area contributed by atoms with Gasteiger partial charge in [-0.2, -0.15) is 5.10 Å². The first-order valence-corrected chi connectivity index (χ1v) is 8.95. The quantitative estimate of drug-likeness (QED) is 0.547. The summed E-state index contributed by atoms with van der Waals surface area (Å²) in [5.41, 5.74) is 3.55. The van der Waals surface area contributed by atoms with Crippen LogP contribution in [0, 0.1) is 6.92 Å². The molecule has 128 valence electrons. The second-order valence-corrected chi connectivity index (χ2v) is 7.03. The normalized spacial score (nSPS) is 11.3. The predicted octanol–water partition coefficient (Wildman–Crippen LogP) is 4.44. The molecular weight excluding hydrogens is 344 g/mol. The average molecular weight is 360 g/mol. The fourth-order valence-electron chi connectivity index (χ4n) is 2.62. The Balaban J connectivity index is 1.44. The third kappa shape index (κ3) is 3.55. The predicted molar refractivity (Wildman–Crippen MR) is 106 cm³/mol. The molecule has 2 heterocycles. The number of nitrogens with one attached hydrogen (secondary N) is 1. The molecule has 0 aliphatic heterocycles. The highest BCUT2D eigenvalue weighted by molar-refractivity contribution is 7.18. The maximum Gasteiger partial charge on any atom is 0.248 e. The van der Waals surface area contributed by atoms with Crippen LogP contribution in [0.1, 0.15) is 10.6 Å². The van der Waals surface area contributed by atoms with Gasteiger partial charge in [0.2, 0.25) is 5.91 Å². The van der Waals surface area contributed by atoms with Gasteiger partial charge in [0, 0.05) is 23.5 Å². The zero-order chi connectivity index (χ0) is 17.9. The minimum absolute atomic E-state index is 0.182. The van der Waals surface area contributed by atoms with E-state index in [1.807, 2.05) is 61.7 Å². The van der Waals surface area contributed by atoms with Crippen molar-refractivity contribution in [3.05, 3.63) is 77.6 Å². The third-order valence-corrected chi connectivity index (χ3v) is 4.75. The second-order valence-electron chi connectivity index (χ2n) is 5.79. The molecule has 0 fully saturated rings. The van der Waals surface area contributed by atoms with Crippen LogP contribution in [-0.4, -0.2) is 20.7 Å². The molecular formula is C20H16N4OS. The van der Waals surface area contributed by atoms with Crippen LogP contribution < -0.4 is 5.32 Å². The number of fused-ring (bicyclic) bond motifs is 1. The topological polar surface area (TPSA) is 59.8 Å². The van der Waals surface area contributed by atoms with Crippen molar-refractivity contribution >= 4 is 39.2 Å². The minimum Gasteiger partial charge on any atom is -0.322 e. The molecule has 2 aromatic heterocycles. The summed E-state index contributed by atoms with van der Waals surface area (Å²) in [5.74, 6) is -0.182. The summed E-state index contributed by atoms with van der Waals surface area (Å²) in [5, 5.41) is 8.20. The van der Waals surface area contributed by atoms with Crippen molar-refractivity contribution in [1.29, 1.82) is 0 Å². The molecule has 4 aromatic rings. The van der Waals surface area contributed by atoms with Crippen molar-refractivity contribution in [2.45, 2.75) is 6.92 Å². The number of aromatic nitrogens is 3. The number of hydrogen-bond acceptors (Lipinski definition) is 4. The highest BCUT2D eigenvalue weighted by Crippen LogP contribution is 2.24. The summed E-state index contributed by atoms with van der Waals surface area (Å²) in [7, 11) is 0. The molecule has 5 nitrogen and oxygen atoms in total. The van der Waals surface area contributed by atoms with E-state index in [4.69, 9.17) is 0 Å². The lowest BCUT2D eigenvalue weighted by molar-refractivity contribution is -0.111. The van der Waals surface area contributed by atoms with Crippen LogP contribution in [0.2, 0.25) is 0 Å². The molecule has 4 rings (SSSR count). The largest absolute Gasteiger partial charge is 0.322 e. The third-order valence-electron chi connectivity index (χ3n) is 3.81. The summed E-state index contributed by atoms with van der Waals surface area (Å²) in [6.07, 6.45) is 6.86. The number of carbonyl (C=O) groups is 1. The first-order valence-electron chi connectivity index (χ1n) is 8.14. The van der Waals surface area contributed by atoms with Crippen LogP contribution in [0.5, 0.6) is 0 Å². The Morgan fingerprint density at radius 2 is 2.04 bits per heavy atom. The molecule has 6 heteroatoms. The van der Waals surface area contributed by atoms with E-state index in [1.54, 1.807) is 28.3 Å². The molecule has 0 unspecified atom stereocenters. The zero-order valence-electron chi connectivity index (χ0n) is 14.1. The van der Waals surface area contributed by atoms with Gasteiger partial charge in [-0.25, -0.2) is 9.67 Å². The van der Waals surface area contributed by atoms with Crippen molar-refractivity contribution in [2.75, 3.05) is 5.32 Å². The summed E-state index contributed by atoms with van der Waals surface area (Å²) < 4.78 is 2.84. The Morgan fingerprint density at radius 3 is 2.88 bits per heavy atom. The number of rotatable bonds is 4. The number of thiazole rings is 1. The molecule has 0 aliphatic rings. The van der Waals surface area contributed by atoms with Gasteiger partial charge in [0.1, 0.15) is 0 Å². The van der Waals surface area contributed by atoms with Crippen molar-refractivity contribution in [3.63, 3.8) is 0 Å². The lowest BCUT2D eigenvalue weighted by Crippen LogP contribution is -2.07. The van der Waals surface area contributed by atoms with Crippen LogP contribution in [0.25, 0.3) is 22.0 Å². The molecule has 1 amide bonds. The first kappa shape index (κ1) is 16.2. The van der Waals surface area contributed by atoms with Gasteiger partial charge in [0.25, 0.3) is 0 Å². The monoisotopic (exact) mass is 360 g/mol. The highest BCUT2D eigenvalue weighted by atomic mass is 32.1. The Bertz CT molecular complexity index is 1100. The van der Waals surface area contributed by atoms with Gasteiger partial charge in [-0.1, -0.05) is 18.2 Å². The van der Waals surface area contributed by atoms with E-state index in [9.17, 15) is 4.79 Å². The van der Waals surface area contributed by atoms with Gasteiger partial charge in [-0.15, -0.1) is 11.3 Å². The number of aryl methyl sites for hydroxylation is 1. The number of benzene rings is 2. The van der Waals surface area contributed by atoms with E-state index in [2.05, 4.69) is 15.4 Å². The summed E-state index contributed by atoms with van der Waals surface area (Å²) >= 11 is 1.61. The molecule has 0 atom stereocenters. The number of anilines is 1. The fourth-order valence-corrected chi connectivity index (χ4v) is 3.48. The molecule has 0 radical (unpaired) electrons. The molecule has 0 aliphatic carbocycles. The molecule has 2 aromatic carbocycles. The Hall–Kier alpha value is -3.25. The minimum atomic E-state index is -0.182. The lowest BCUT2D eigenvalue weighted by Gasteiger charge is -2.01. The van der Waals surface area contributed by atoms with Crippen LogP contribution in [0.3, 0.4) is 0 Å². The number of para-hydroxylation sites is 1. The fraction of sp³-hybridized carbons (Fsp3) is 0.0500. The standard InChI is InChI=1S/C20H16N4OS/c1-14-22-18-9-8-16(11-19(18)26-14)23-20(25)10-7-15-12-21-24(13-15)17-5-3-2-4-6-17/h2-13H,1H3,(H,23,25)/b10-7+. The van der Waals surface area contributed by atoms with Crippen LogP contribution >= 0.6 is 11.3 Å². The molecule has 1 N–H and O–H groups in total. The zero-order valence-corrected chi connectivity index (χ0v) is 14.9. The summed E-state index contributed by atoms with van der Waals surface area (Å²) in [6, 6.07) is 15.6. The van der Waals surface area contributed by atoms with E-state index in [0.717, 1.165) is 32.2 Å². The van der Waals surface area contributed by atoms with Crippen molar-refractivity contribution in [3.8, 4) is 5.69 Å². The van der Waals surface area contributed by atoms with Crippen LogP contribution in [0.15, 0.2) is 67.0 Å². The molecule has 0 saturated heterocycles. The Kier molecular flexibility index (Phi) is 4.33. The second kappa shape index (κ2) is 6.93. The lowest BCUT2D eigenvalue weighted by atomic mass is 10.3. The van der Waals surface area contributed by atoms with E-state index in [0.29, 0.717) is 0 Å². The van der Waals surface area contributed by atoms with Gasteiger partial charge in [-0.05, 0) is 43.3 Å². The maximum absolute atomic E-state index is 12.2. The van der Waals surface area contributed by atoms with E-state index in [-0.39, 0.29) is 5.91 Å². The van der Waals surface area contributed by atoms with Gasteiger partial charge in [0.15, 0.2) is 0 Å². The van der Waals surface area contributed by atoms with Crippen molar-refractivity contribution in [2.24, 2.45) is 0 Å². The van der Waals surface area contributed by atoms with Gasteiger partial charge < -0.3 is 5.32 Å². The number of carbonyl (C=O) groups excluding carboxylic acids is 1. The van der Waals surface area contributed by atoms with E-state index < -0.39 is 0 Å². The average Bonchev–Trinajstić information content (AvgIpc) is 3.26. The Morgan fingerprint density at radius 1 is 1.19 bits per heavy atom. The SMILES string of the molecule is Cc1nc2ccc(NC(=O)/C=C/c3cnn(-c4ccccc4)c3)cc2s1. The van der Waals surface area contributed by atoms with Crippen LogP contribution in [0.4, 0.5) is 5.69 Å². The number of amides is 1. The summed E-state index contributed by atoms with van der Waals surface area (Å²) in [6.45, 7) is 1.97. The van der Waals surface area contributed by atoms with E-state index in [1.165, 1.54) is 6.08 Å². The first-order chi connectivity index (χ1) is 12.7. The van der Waals surface area contributed by atoms with Gasteiger partial charge >= 0.3 is 0 Å². The van der Waals surface area contributed by atoms with Crippen LogP contribution in [-0.2, 0) is 4.79 Å². The molecule has 0 bridgehead atoms. The van der Waals surface area contributed by atoms with Gasteiger partial charge in [-0.3, -0.25) is 4.79 Å². The highest BCUT2D eigenvalue weighted by Gasteiger charge is 2.04. The van der Waals surface area contributed by atoms with Crippen molar-refractivity contribution in [1.82, 2.24) is 14.8 Å². The van der Waals surface area contributed by atoms with E-state index >= 15 is 0 Å². The smallest absolute Gasteiger partial charge is 0.248 e. The maximum atomic E-state index is 12.2. The summed E-state index contributed by atoms with van der Waals surface area (Å²) in [4.78, 5) is 16.6. The van der Waals surface area contributed by atoms with Crippen molar-refractivity contribution < 1.29 is 4.79 Å². The Labute approximate surface area is 154 Å². The molecule has 0 saturated carbocycles. The number of nitrogens with zero attached hydrogens (tertiary/aromatic N) is 3.